The Labute approximate surface area is 274 Å². The molecule has 222 valence electrons. The minimum Gasteiger partial charge on any atom is -0.264 e. The molecule has 0 amide bonds. The number of rotatable bonds is 4. The van der Waals surface area contributed by atoms with Gasteiger partial charge in [-0.05, 0) is 85.8 Å². The molecule has 1 aliphatic carbocycles. The highest BCUT2D eigenvalue weighted by Crippen LogP contribution is 2.50. The van der Waals surface area contributed by atoms with Gasteiger partial charge < -0.3 is 0 Å². The first-order valence-corrected chi connectivity index (χ1v) is 16.1. The molecule has 0 saturated carbocycles. The summed E-state index contributed by atoms with van der Waals surface area (Å²) >= 11 is 0. The van der Waals surface area contributed by atoms with Crippen molar-refractivity contribution in [1.82, 2.24) is 15.0 Å². The van der Waals surface area contributed by atoms with Crippen LogP contribution >= 0.6 is 0 Å². The van der Waals surface area contributed by atoms with Crippen molar-refractivity contribution in [3.05, 3.63) is 163 Å². The van der Waals surface area contributed by atoms with Crippen molar-refractivity contribution in [1.29, 1.82) is 0 Å². The summed E-state index contributed by atoms with van der Waals surface area (Å²) in [6, 6.07) is 49.8. The first-order valence-electron chi connectivity index (χ1n) is 16.1. The van der Waals surface area contributed by atoms with Gasteiger partial charge in [0.1, 0.15) is 0 Å². The number of nitrogens with zero attached hydrogens (tertiary/aromatic N) is 3. The van der Waals surface area contributed by atoms with Crippen LogP contribution in [0.25, 0.3) is 77.7 Å². The minimum atomic E-state index is -0.0163. The zero-order valence-corrected chi connectivity index (χ0v) is 26.3. The van der Waals surface area contributed by atoms with E-state index in [1.165, 1.54) is 43.8 Å². The average Bonchev–Trinajstić information content (AvgIpc) is 3.36. The topological polar surface area (TPSA) is 38.7 Å². The summed E-state index contributed by atoms with van der Waals surface area (Å²) in [5.41, 5.74) is 12.5. The summed E-state index contributed by atoms with van der Waals surface area (Å²) in [5, 5.41) is 4.99. The number of aromatic nitrogens is 3. The van der Waals surface area contributed by atoms with Crippen LogP contribution in [0.15, 0.2) is 152 Å². The maximum Gasteiger partial charge on any atom is 0.160 e. The van der Waals surface area contributed by atoms with Crippen molar-refractivity contribution >= 4 is 21.5 Å². The Morgan fingerprint density at radius 2 is 1.15 bits per heavy atom. The second kappa shape index (κ2) is 10.6. The maximum atomic E-state index is 5.12. The molecule has 6 aromatic carbocycles. The van der Waals surface area contributed by atoms with Crippen molar-refractivity contribution in [2.75, 3.05) is 0 Å². The van der Waals surface area contributed by atoms with Gasteiger partial charge in [-0.2, -0.15) is 0 Å². The van der Waals surface area contributed by atoms with E-state index in [-0.39, 0.29) is 5.41 Å². The van der Waals surface area contributed by atoms with Gasteiger partial charge in [0.15, 0.2) is 5.82 Å². The Balaban J connectivity index is 1.19. The van der Waals surface area contributed by atoms with Crippen molar-refractivity contribution in [2.45, 2.75) is 19.3 Å². The molecule has 2 aromatic heterocycles. The molecule has 47 heavy (non-hydrogen) atoms. The van der Waals surface area contributed by atoms with E-state index >= 15 is 0 Å². The molecule has 0 unspecified atom stereocenters. The van der Waals surface area contributed by atoms with Crippen molar-refractivity contribution < 1.29 is 0 Å². The average molecular weight is 602 g/mol. The lowest BCUT2D eigenvalue weighted by molar-refractivity contribution is 0.661. The Morgan fingerprint density at radius 1 is 0.447 bits per heavy atom. The Hall–Kier alpha value is -5.93. The van der Waals surface area contributed by atoms with Crippen LogP contribution in [0.4, 0.5) is 0 Å². The molecule has 0 fully saturated rings. The minimum absolute atomic E-state index is 0.0163. The van der Waals surface area contributed by atoms with E-state index in [9.17, 15) is 0 Å². The molecular weight excluding hydrogens is 571 g/mol. The molecule has 9 rings (SSSR count). The van der Waals surface area contributed by atoms with Gasteiger partial charge in [-0.1, -0.05) is 117 Å². The first kappa shape index (κ1) is 27.4. The van der Waals surface area contributed by atoms with E-state index in [4.69, 9.17) is 9.97 Å². The second-order valence-corrected chi connectivity index (χ2v) is 12.9. The second-order valence-electron chi connectivity index (χ2n) is 12.9. The molecule has 0 radical (unpaired) electrons. The Kier molecular flexibility index (Phi) is 6.16. The lowest BCUT2D eigenvalue weighted by Crippen LogP contribution is -2.14. The molecule has 0 bridgehead atoms. The van der Waals surface area contributed by atoms with E-state index in [2.05, 4.69) is 134 Å². The van der Waals surface area contributed by atoms with Crippen LogP contribution in [0, 0.1) is 0 Å². The molecule has 0 spiro atoms. The van der Waals surface area contributed by atoms with Crippen LogP contribution in [0.5, 0.6) is 0 Å². The quantitative estimate of drug-likeness (QED) is 0.188. The molecule has 0 saturated heterocycles. The monoisotopic (exact) mass is 601 g/mol. The third kappa shape index (κ3) is 4.54. The van der Waals surface area contributed by atoms with Crippen molar-refractivity contribution in [2.24, 2.45) is 0 Å². The smallest absolute Gasteiger partial charge is 0.160 e. The third-order valence-electron chi connectivity index (χ3n) is 9.74. The molecule has 0 aliphatic heterocycles. The molecule has 0 atom stereocenters. The van der Waals surface area contributed by atoms with Gasteiger partial charge in [0.25, 0.3) is 0 Å². The summed E-state index contributed by atoms with van der Waals surface area (Å²) in [5.74, 6) is 0.709. The fourth-order valence-electron chi connectivity index (χ4n) is 7.27. The van der Waals surface area contributed by atoms with E-state index in [0.717, 1.165) is 39.2 Å². The first-order chi connectivity index (χ1) is 23.0. The highest BCUT2D eigenvalue weighted by atomic mass is 14.9. The molecule has 2 heterocycles. The number of fused-ring (bicyclic) bond motifs is 6. The number of pyridine rings is 1. The standard InChI is InChI=1S/C44H31N3/c1-44(2)39-16-7-6-15-36(39)38-25-37-31(24-40(38)44)18-17-30-23-33(19-20-35(30)37)42-26-41(46-43(47-42)28-10-4-3-5-11-28)32-13-8-12-29(22-32)34-14-9-21-45-27-34/h3-27H,1-2H3. The van der Waals surface area contributed by atoms with Crippen LogP contribution in [0.3, 0.4) is 0 Å². The number of benzene rings is 6. The maximum absolute atomic E-state index is 5.12. The van der Waals surface area contributed by atoms with E-state index < -0.39 is 0 Å². The third-order valence-corrected chi connectivity index (χ3v) is 9.74. The van der Waals surface area contributed by atoms with Crippen LogP contribution in [0.1, 0.15) is 25.0 Å². The lowest BCUT2D eigenvalue weighted by Gasteiger charge is -2.21. The highest BCUT2D eigenvalue weighted by molar-refractivity contribution is 6.10. The highest BCUT2D eigenvalue weighted by Gasteiger charge is 2.35. The van der Waals surface area contributed by atoms with Crippen molar-refractivity contribution in [3.8, 4) is 56.2 Å². The zero-order valence-electron chi connectivity index (χ0n) is 26.3. The van der Waals surface area contributed by atoms with Crippen LogP contribution < -0.4 is 0 Å². The molecule has 1 aliphatic rings. The zero-order chi connectivity index (χ0) is 31.5. The fraction of sp³-hybridized carbons (Fsp3) is 0.0682. The normalized spacial score (nSPS) is 13.1. The largest absolute Gasteiger partial charge is 0.264 e. The van der Waals surface area contributed by atoms with Gasteiger partial charge in [0, 0.05) is 40.1 Å². The summed E-state index contributed by atoms with van der Waals surface area (Å²) < 4.78 is 0. The predicted octanol–water partition coefficient (Wildman–Crippen LogP) is 11.2. The van der Waals surface area contributed by atoms with Gasteiger partial charge >= 0.3 is 0 Å². The molecule has 8 aromatic rings. The lowest BCUT2D eigenvalue weighted by atomic mass is 9.81. The number of hydrogen-bond donors (Lipinski definition) is 0. The van der Waals surface area contributed by atoms with Gasteiger partial charge in [-0.3, -0.25) is 4.98 Å². The van der Waals surface area contributed by atoms with Gasteiger partial charge in [0.2, 0.25) is 0 Å². The summed E-state index contributed by atoms with van der Waals surface area (Å²) in [6.45, 7) is 4.68. The van der Waals surface area contributed by atoms with Gasteiger partial charge in [-0.15, -0.1) is 0 Å². The summed E-state index contributed by atoms with van der Waals surface area (Å²) in [6.07, 6.45) is 3.70. The molecular formula is C44H31N3. The molecule has 3 nitrogen and oxygen atoms in total. The van der Waals surface area contributed by atoms with E-state index in [0.29, 0.717) is 5.82 Å². The summed E-state index contributed by atoms with van der Waals surface area (Å²) in [7, 11) is 0. The van der Waals surface area contributed by atoms with E-state index in [1.807, 2.05) is 30.5 Å². The van der Waals surface area contributed by atoms with Crippen LogP contribution in [-0.2, 0) is 5.41 Å². The van der Waals surface area contributed by atoms with Crippen LogP contribution in [-0.4, -0.2) is 15.0 Å². The molecule has 3 heteroatoms. The SMILES string of the molecule is CC1(C)c2ccccc2-c2cc3c(ccc4cc(-c5cc(-c6cccc(-c7cccnc7)c6)nc(-c6ccccc6)n5)ccc43)cc21. The van der Waals surface area contributed by atoms with E-state index in [1.54, 1.807) is 6.20 Å². The predicted molar refractivity (Wildman–Crippen MR) is 194 cm³/mol. The Bertz CT molecular complexity index is 2480. The number of hydrogen-bond acceptors (Lipinski definition) is 3. The van der Waals surface area contributed by atoms with Crippen LogP contribution in [0.2, 0.25) is 0 Å². The van der Waals surface area contributed by atoms with Gasteiger partial charge in [0.05, 0.1) is 11.4 Å². The fourth-order valence-corrected chi connectivity index (χ4v) is 7.27. The Morgan fingerprint density at radius 3 is 1.96 bits per heavy atom. The van der Waals surface area contributed by atoms with Gasteiger partial charge in [-0.25, -0.2) is 9.97 Å². The summed E-state index contributed by atoms with van der Waals surface area (Å²) in [4.78, 5) is 14.5. The molecule has 0 N–H and O–H groups in total. The van der Waals surface area contributed by atoms with Crippen molar-refractivity contribution in [3.63, 3.8) is 0 Å².